The van der Waals surface area contributed by atoms with Crippen molar-refractivity contribution in [2.45, 2.75) is 39.5 Å². The summed E-state index contributed by atoms with van der Waals surface area (Å²) in [6.45, 7) is 7.80. The maximum absolute atomic E-state index is 11.8. The molecule has 0 heterocycles. The molecule has 4 nitrogen and oxygen atoms in total. The first-order chi connectivity index (χ1) is 8.15. The Balaban J connectivity index is 3.90. The summed E-state index contributed by atoms with van der Waals surface area (Å²) in [4.78, 5) is 15.7. The fourth-order valence-corrected chi connectivity index (χ4v) is 1.75. The summed E-state index contributed by atoms with van der Waals surface area (Å²) in [5, 5.41) is 8.46. The van der Waals surface area contributed by atoms with Crippen LogP contribution in [0.15, 0.2) is 0 Å². The molecule has 0 aliphatic carbocycles. The molecule has 0 aromatic carbocycles. The van der Waals surface area contributed by atoms with Gasteiger partial charge in [0, 0.05) is 26.6 Å². The Morgan fingerprint density at radius 3 is 2.18 bits per heavy atom. The molecule has 0 bridgehead atoms. The monoisotopic (exact) mass is 239 g/mol. The van der Waals surface area contributed by atoms with E-state index in [1.165, 1.54) is 0 Å². The summed E-state index contributed by atoms with van der Waals surface area (Å²) in [6, 6.07) is 2.05. The van der Waals surface area contributed by atoms with Gasteiger partial charge in [0.1, 0.15) is 0 Å². The largest absolute Gasteiger partial charge is 0.345 e. The van der Waals surface area contributed by atoms with E-state index in [0.717, 1.165) is 32.5 Å². The second kappa shape index (κ2) is 10.1. The maximum atomic E-state index is 11.8. The standard InChI is InChI=1S/C13H25N3O/c1-4-9-16(10-5-2)12-7-13(17)15(3)11-6-8-14/h4-7,9-12H2,1-3H3. The minimum Gasteiger partial charge on any atom is -0.345 e. The van der Waals surface area contributed by atoms with Crippen LogP contribution >= 0.6 is 0 Å². The van der Waals surface area contributed by atoms with Crippen LogP contribution in [0.2, 0.25) is 0 Å². The summed E-state index contributed by atoms with van der Waals surface area (Å²) in [6.07, 6.45) is 3.22. The van der Waals surface area contributed by atoms with Gasteiger partial charge in [0.15, 0.2) is 0 Å². The molecule has 0 aliphatic heterocycles. The van der Waals surface area contributed by atoms with Crippen LogP contribution in [0.25, 0.3) is 0 Å². The van der Waals surface area contributed by atoms with Crippen molar-refractivity contribution < 1.29 is 4.79 Å². The van der Waals surface area contributed by atoms with Crippen molar-refractivity contribution >= 4 is 5.91 Å². The zero-order valence-corrected chi connectivity index (χ0v) is 11.4. The highest BCUT2D eigenvalue weighted by Gasteiger charge is 2.10. The molecule has 0 radical (unpaired) electrons. The van der Waals surface area contributed by atoms with E-state index in [1.54, 1.807) is 11.9 Å². The lowest BCUT2D eigenvalue weighted by Crippen LogP contribution is -2.33. The summed E-state index contributed by atoms with van der Waals surface area (Å²) < 4.78 is 0. The van der Waals surface area contributed by atoms with Crippen molar-refractivity contribution in [1.82, 2.24) is 9.80 Å². The third-order valence-corrected chi connectivity index (χ3v) is 2.71. The molecule has 1 amide bonds. The predicted octanol–water partition coefficient (Wildman–Crippen LogP) is 1.87. The molecule has 0 aromatic rings. The molecule has 0 fully saturated rings. The van der Waals surface area contributed by atoms with Gasteiger partial charge in [0.05, 0.1) is 12.5 Å². The highest BCUT2D eigenvalue weighted by atomic mass is 16.2. The average molecular weight is 239 g/mol. The Morgan fingerprint density at radius 2 is 1.71 bits per heavy atom. The maximum Gasteiger partial charge on any atom is 0.223 e. The van der Waals surface area contributed by atoms with Crippen molar-refractivity contribution in [3.05, 3.63) is 0 Å². The van der Waals surface area contributed by atoms with Crippen molar-refractivity contribution in [2.75, 3.05) is 33.2 Å². The SMILES string of the molecule is CCCN(CCC)CCC(=O)N(C)CCC#N. The molecule has 0 spiro atoms. The fourth-order valence-electron chi connectivity index (χ4n) is 1.75. The molecule has 0 aromatic heterocycles. The topological polar surface area (TPSA) is 47.3 Å². The van der Waals surface area contributed by atoms with Gasteiger partial charge < -0.3 is 9.80 Å². The molecule has 0 aliphatic rings. The quantitative estimate of drug-likeness (QED) is 0.617. The molecule has 0 rings (SSSR count). The van der Waals surface area contributed by atoms with Gasteiger partial charge in [0.2, 0.25) is 5.91 Å². The number of hydrogen-bond acceptors (Lipinski definition) is 3. The number of amides is 1. The first-order valence-electron chi connectivity index (χ1n) is 6.48. The highest BCUT2D eigenvalue weighted by molar-refractivity contribution is 5.76. The van der Waals surface area contributed by atoms with E-state index in [1.807, 2.05) is 0 Å². The van der Waals surface area contributed by atoms with Crippen LogP contribution in [-0.4, -0.2) is 48.9 Å². The Bertz CT molecular complexity index is 242. The van der Waals surface area contributed by atoms with Crippen molar-refractivity contribution in [1.29, 1.82) is 5.26 Å². The van der Waals surface area contributed by atoms with E-state index >= 15 is 0 Å². The Kier molecular flexibility index (Phi) is 9.46. The molecule has 0 unspecified atom stereocenters. The van der Waals surface area contributed by atoms with Gasteiger partial charge in [0.25, 0.3) is 0 Å². The van der Waals surface area contributed by atoms with E-state index in [0.29, 0.717) is 19.4 Å². The lowest BCUT2D eigenvalue weighted by Gasteiger charge is -2.22. The molecular formula is C13H25N3O. The van der Waals surface area contributed by atoms with Crippen LogP contribution < -0.4 is 0 Å². The van der Waals surface area contributed by atoms with Gasteiger partial charge in [-0.05, 0) is 25.9 Å². The van der Waals surface area contributed by atoms with E-state index in [2.05, 4.69) is 24.8 Å². The van der Waals surface area contributed by atoms with Gasteiger partial charge in [-0.3, -0.25) is 4.79 Å². The molecule has 98 valence electrons. The van der Waals surface area contributed by atoms with Gasteiger partial charge in [-0.15, -0.1) is 0 Å². The van der Waals surface area contributed by atoms with Gasteiger partial charge in [-0.25, -0.2) is 0 Å². The number of carbonyl (C=O) groups is 1. The van der Waals surface area contributed by atoms with Crippen molar-refractivity contribution in [2.24, 2.45) is 0 Å². The summed E-state index contributed by atoms with van der Waals surface area (Å²) in [7, 11) is 1.77. The molecule has 0 saturated carbocycles. The second-order valence-electron chi connectivity index (χ2n) is 4.32. The van der Waals surface area contributed by atoms with Crippen LogP contribution in [0, 0.1) is 11.3 Å². The molecule has 0 atom stereocenters. The minimum atomic E-state index is 0.137. The summed E-state index contributed by atoms with van der Waals surface area (Å²) in [5.41, 5.74) is 0. The van der Waals surface area contributed by atoms with Crippen LogP contribution in [0.1, 0.15) is 39.5 Å². The number of rotatable bonds is 9. The van der Waals surface area contributed by atoms with E-state index in [4.69, 9.17) is 5.26 Å². The van der Waals surface area contributed by atoms with Crippen molar-refractivity contribution in [3.8, 4) is 6.07 Å². The number of nitrogens with zero attached hydrogens (tertiary/aromatic N) is 3. The summed E-state index contributed by atoms with van der Waals surface area (Å²) >= 11 is 0. The van der Waals surface area contributed by atoms with E-state index in [9.17, 15) is 4.79 Å². The molecular weight excluding hydrogens is 214 g/mol. The third-order valence-electron chi connectivity index (χ3n) is 2.71. The Morgan fingerprint density at radius 1 is 1.12 bits per heavy atom. The fraction of sp³-hybridized carbons (Fsp3) is 0.846. The van der Waals surface area contributed by atoms with Gasteiger partial charge in [-0.1, -0.05) is 13.8 Å². The second-order valence-corrected chi connectivity index (χ2v) is 4.32. The highest BCUT2D eigenvalue weighted by Crippen LogP contribution is 1.99. The predicted molar refractivity (Wildman–Crippen MR) is 69.5 cm³/mol. The normalized spacial score (nSPS) is 10.3. The van der Waals surface area contributed by atoms with Crippen LogP contribution in [0.4, 0.5) is 0 Å². The smallest absolute Gasteiger partial charge is 0.223 e. The van der Waals surface area contributed by atoms with E-state index < -0.39 is 0 Å². The lowest BCUT2D eigenvalue weighted by atomic mass is 10.3. The van der Waals surface area contributed by atoms with Gasteiger partial charge in [-0.2, -0.15) is 5.26 Å². The van der Waals surface area contributed by atoms with Crippen molar-refractivity contribution in [3.63, 3.8) is 0 Å². The first kappa shape index (κ1) is 15.9. The lowest BCUT2D eigenvalue weighted by molar-refractivity contribution is -0.130. The summed E-state index contributed by atoms with van der Waals surface area (Å²) in [5.74, 6) is 0.137. The average Bonchev–Trinajstić information content (AvgIpc) is 2.33. The third kappa shape index (κ3) is 7.76. The number of carbonyl (C=O) groups excluding carboxylic acids is 1. The number of nitriles is 1. The zero-order valence-electron chi connectivity index (χ0n) is 11.4. The molecule has 17 heavy (non-hydrogen) atoms. The molecule has 0 saturated heterocycles. The first-order valence-corrected chi connectivity index (χ1v) is 6.48. The van der Waals surface area contributed by atoms with Crippen LogP contribution in [-0.2, 0) is 4.79 Å². The molecule has 4 heteroatoms. The number of hydrogen-bond donors (Lipinski definition) is 0. The minimum absolute atomic E-state index is 0.137. The zero-order chi connectivity index (χ0) is 13.1. The van der Waals surface area contributed by atoms with E-state index in [-0.39, 0.29) is 5.91 Å². The van der Waals surface area contributed by atoms with Gasteiger partial charge >= 0.3 is 0 Å². The Labute approximate surface area is 105 Å². The van der Waals surface area contributed by atoms with Crippen LogP contribution in [0.5, 0.6) is 0 Å². The Hall–Kier alpha value is -1.08. The molecule has 0 N–H and O–H groups in total. The van der Waals surface area contributed by atoms with Crippen LogP contribution in [0.3, 0.4) is 0 Å².